The summed E-state index contributed by atoms with van der Waals surface area (Å²) in [6, 6.07) is 8.70. The van der Waals surface area contributed by atoms with Gasteiger partial charge in [0.25, 0.3) is 0 Å². The molecule has 2 aromatic carbocycles. The van der Waals surface area contributed by atoms with E-state index in [0.717, 1.165) is 5.56 Å². The fourth-order valence-corrected chi connectivity index (χ4v) is 2.66. The molecule has 26 heavy (non-hydrogen) atoms. The average Bonchev–Trinajstić information content (AvgIpc) is 2.70. The van der Waals surface area contributed by atoms with Crippen molar-refractivity contribution in [3.8, 4) is 28.7 Å². The second-order valence-corrected chi connectivity index (χ2v) is 5.51. The SMILES string of the molecule is COc1cc(/C=C\C(=O)c2ccc3c(c2)OCCO3)cc(OC)c1OC. The largest absolute Gasteiger partial charge is 0.493 e. The molecule has 0 aromatic heterocycles. The van der Waals surface area contributed by atoms with Crippen LogP contribution >= 0.6 is 0 Å². The van der Waals surface area contributed by atoms with Crippen molar-refractivity contribution in [2.75, 3.05) is 34.5 Å². The van der Waals surface area contributed by atoms with E-state index in [1.807, 2.05) is 0 Å². The molecule has 0 amide bonds. The van der Waals surface area contributed by atoms with Crippen LogP contribution in [0.2, 0.25) is 0 Å². The molecule has 1 heterocycles. The first kappa shape index (κ1) is 17.7. The third kappa shape index (κ3) is 3.59. The standard InChI is InChI=1S/C20H20O6/c1-22-18-10-13(11-19(23-2)20(18)24-3)4-6-15(21)14-5-7-16-17(12-14)26-9-8-25-16/h4-7,10-12H,8-9H2,1-3H3/b6-4-. The lowest BCUT2D eigenvalue weighted by Gasteiger charge is -2.18. The molecule has 0 aliphatic carbocycles. The van der Waals surface area contributed by atoms with E-state index in [9.17, 15) is 4.79 Å². The monoisotopic (exact) mass is 356 g/mol. The number of carbonyl (C=O) groups is 1. The molecule has 2 aromatic rings. The van der Waals surface area contributed by atoms with Gasteiger partial charge in [-0.1, -0.05) is 6.08 Å². The Labute approximate surface area is 151 Å². The summed E-state index contributed by atoms with van der Waals surface area (Å²) in [4.78, 5) is 12.5. The smallest absolute Gasteiger partial charge is 0.203 e. The van der Waals surface area contributed by atoms with Crippen molar-refractivity contribution in [1.29, 1.82) is 0 Å². The van der Waals surface area contributed by atoms with E-state index < -0.39 is 0 Å². The highest BCUT2D eigenvalue weighted by molar-refractivity contribution is 6.07. The Bertz CT molecular complexity index is 815. The summed E-state index contributed by atoms with van der Waals surface area (Å²) in [6.07, 6.45) is 3.19. The maximum atomic E-state index is 12.5. The van der Waals surface area contributed by atoms with Crippen LogP contribution in [-0.4, -0.2) is 40.3 Å². The Morgan fingerprint density at radius 3 is 2.19 bits per heavy atom. The van der Waals surface area contributed by atoms with Gasteiger partial charge in [0, 0.05) is 5.56 Å². The Hall–Kier alpha value is -3.15. The lowest BCUT2D eigenvalue weighted by Crippen LogP contribution is -2.15. The molecule has 1 aliphatic rings. The van der Waals surface area contributed by atoms with Crippen molar-refractivity contribution in [3.63, 3.8) is 0 Å². The van der Waals surface area contributed by atoms with Crippen LogP contribution in [0.3, 0.4) is 0 Å². The van der Waals surface area contributed by atoms with Crippen LogP contribution in [0.15, 0.2) is 36.4 Å². The molecular formula is C20H20O6. The van der Waals surface area contributed by atoms with Crippen molar-refractivity contribution in [2.45, 2.75) is 0 Å². The molecule has 6 heteroatoms. The van der Waals surface area contributed by atoms with E-state index in [1.54, 1.807) is 57.7 Å². The second-order valence-electron chi connectivity index (χ2n) is 5.51. The van der Waals surface area contributed by atoms with Gasteiger partial charge < -0.3 is 23.7 Å². The first-order valence-corrected chi connectivity index (χ1v) is 8.08. The van der Waals surface area contributed by atoms with Crippen LogP contribution in [-0.2, 0) is 0 Å². The van der Waals surface area contributed by atoms with Crippen molar-refractivity contribution in [3.05, 3.63) is 47.5 Å². The molecule has 0 spiro atoms. The van der Waals surface area contributed by atoms with Gasteiger partial charge in [0.2, 0.25) is 5.75 Å². The van der Waals surface area contributed by atoms with E-state index >= 15 is 0 Å². The number of hydrogen-bond donors (Lipinski definition) is 0. The van der Waals surface area contributed by atoms with Gasteiger partial charge in [-0.15, -0.1) is 0 Å². The zero-order chi connectivity index (χ0) is 18.5. The van der Waals surface area contributed by atoms with E-state index in [0.29, 0.717) is 47.5 Å². The molecule has 136 valence electrons. The molecule has 0 fully saturated rings. The fourth-order valence-electron chi connectivity index (χ4n) is 2.66. The van der Waals surface area contributed by atoms with E-state index in [4.69, 9.17) is 23.7 Å². The molecule has 0 saturated carbocycles. The van der Waals surface area contributed by atoms with Gasteiger partial charge in [0.1, 0.15) is 13.2 Å². The number of rotatable bonds is 6. The van der Waals surface area contributed by atoms with Gasteiger partial charge in [-0.05, 0) is 42.0 Å². The summed E-state index contributed by atoms with van der Waals surface area (Å²) in [5.41, 5.74) is 1.28. The predicted molar refractivity (Wildman–Crippen MR) is 96.9 cm³/mol. The summed E-state index contributed by atoms with van der Waals surface area (Å²) >= 11 is 0. The minimum absolute atomic E-state index is 0.143. The maximum absolute atomic E-state index is 12.5. The number of ether oxygens (including phenoxy) is 5. The van der Waals surface area contributed by atoms with E-state index in [-0.39, 0.29) is 5.78 Å². The van der Waals surface area contributed by atoms with Crippen molar-refractivity contribution < 1.29 is 28.5 Å². The number of ketones is 1. The molecule has 0 atom stereocenters. The summed E-state index contributed by atoms with van der Waals surface area (Å²) in [7, 11) is 4.64. The normalized spacial score (nSPS) is 12.7. The van der Waals surface area contributed by atoms with Crippen LogP contribution < -0.4 is 23.7 Å². The molecule has 6 nitrogen and oxygen atoms in total. The van der Waals surface area contributed by atoms with E-state index in [1.165, 1.54) is 6.08 Å². The Morgan fingerprint density at radius 2 is 1.58 bits per heavy atom. The van der Waals surface area contributed by atoms with Gasteiger partial charge in [-0.25, -0.2) is 0 Å². The summed E-state index contributed by atoms with van der Waals surface area (Å²) in [5.74, 6) is 2.65. The first-order chi connectivity index (χ1) is 12.7. The Morgan fingerprint density at radius 1 is 0.923 bits per heavy atom. The van der Waals surface area contributed by atoms with Crippen LogP contribution in [0.25, 0.3) is 6.08 Å². The second kappa shape index (κ2) is 7.82. The predicted octanol–water partition coefficient (Wildman–Crippen LogP) is 3.38. The third-order valence-electron chi connectivity index (χ3n) is 3.94. The van der Waals surface area contributed by atoms with Gasteiger partial charge in [0.15, 0.2) is 28.8 Å². The fraction of sp³-hybridized carbons (Fsp3) is 0.250. The molecule has 0 unspecified atom stereocenters. The minimum Gasteiger partial charge on any atom is -0.493 e. The van der Waals surface area contributed by atoms with Gasteiger partial charge in [-0.2, -0.15) is 0 Å². The maximum Gasteiger partial charge on any atom is 0.203 e. The zero-order valence-electron chi connectivity index (χ0n) is 14.9. The van der Waals surface area contributed by atoms with Gasteiger partial charge in [0.05, 0.1) is 21.3 Å². The molecular weight excluding hydrogens is 336 g/mol. The van der Waals surface area contributed by atoms with Crippen LogP contribution in [0.5, 0.6) is 28.7 Å². The number of fused-ring (bicyclic) bond motifs is 1. The number of carbonyl (C=O) groups excluding carboxylic acids is 1. The van der Waals surface area contributed by atoms with E-state index in [2.05, 4.69) is 0 Å². The topological polar surface area (TPSA) is 63.2 Å². The molecule has 1 aliphatic heterocycles. The summed E-state index contributed by atoms with van der Waals surface area (Å²) in [6.45, 7) is 0.993. The number of methoxy groups -OCH3 is 3. The first-order valence-electron chi connectivity index (χ1n) is 8.08. The highest BCUT2D eigenvalue weighted by Gasteiger charge is 2.15. The summed E-state index contributed by atoms with van der Waals surface area (Å²) in [5, 5.41) is 0. The summed E-state index contributed by atoms with van der Waals surface area (Å²) < 4.78 is 26.9. The van der Waals surface area contributed by atoms with Gasteiger partial charge >= 0.3 is 0 Å². The lowest BCUT2D eigenvalue weighted by molar-refractivity contribution is 0.104. The molecule has 3 rings (SSSR count). The third-order valence-corrected chi connectivity index (χ3v) is 3.94. The van der Waals surface area contributed by atoms with Crippen LogP contribution in [0, 0.1) is 0 Å². The Balaban J connectivity index is 1.84. The van der Waals surface area contributed by atoms with Crippen molar-refractivity contribution in [1.82, 2.24) is 0 Å². The Kier molecular flexibility index (Phi) is 5.31. The molecule has 0 radical (unpaired) electrons. The van der Waals surface area contributed by atoms with Crippen molar-refractivity contribution >= 4 is 11.9 Å². The lowest BCUT2D eigenvalue weighted by atomic mass is 10.1. The highest BCUT2D eigenvalue weighted by atomic mass is 16.6. The highest BCUT2D eigenvalue weighted by Crippen LogP contribution is 2.38. The quantitative estimate of drug-likeness (QED) is 0.584. The van der Waals surface area contributed by atoms with Gasteiger partial charge in [-0.3, -0.25) is 4.79 Å². The number of benzene rings is 2. The number of allylic oxidation sites excluding steroid dienone is 1. The van der Waals surface area contributed by atoms with Crippen LogP contribution in [0.1, 0.15) is 15.9 Å². The molecule has 0 N–H and O–H groups in total. The minimum atomic E-state index is -0.143. The average molecular weight is 356 g/mol. The number of hydrogen-bond acceptors (Lipinski definition) is 6. The van der Waals surface area contributed by atoms with Crippen LogP contribution in [0.4, 0.5) is 0 Å². The molecule has 0 bridgehead atoms. The van der Waals surface area contributed by atoms with Crippen molar-refractivity contribution in [2.24, 2.45) is 0 Å². The molecule has 0 saturated heterocycles. The zero-order valence-corrected chi connectivity index (χ0v) is 14.9.